The van der Waals surface area contributed by atoms with Crippen LogP contribution in [0.4, 0.5) is 0 Å². The van der Waals surface area contributed by atoms with E-state index in [1.165, 1.54) is 26.5 Å². The number of hydrogen-bond donors (Lipinski definition) is 2. The van der Waals surface area contributed by atoms with Crippen LogP contribution in [0.15, 0.2) is 84.0 Å². The molecule has 2 N–H and O–H groups in total. The Bertz CT molecular complexity index is 1560. The van der Waals surface area contributed by atoms with Gasteiger partial charge in [0.15, 0.2) is 11.5 Å². The second-order valence-corrected chi connectivity index (χ2v) is 8.45. The number of fused-ring (bicyclic) bond motifs is 1. The average molecular weight is 526 g/mol. The fourth-order valence-electron chi connectivity index (χ4n) is 3.91. The number of nitrogens with zero attached hydrogens (tertiary/aromatic N) is 1. The van der Waals surface area contributed by atoms with Gasteiger partial charge in [0.1, 0.15) is 5.75 Å². The molecule has 0 aromatic heterocycles. The van der Waals surface area contributed by atoms with E-state index in [4.69, 9.17) is 14.2 Å². The molecule has 4 aromatic carbocycles. The highest BCUT2D eigenvalue weighted by molar-refractivity contribution is 6.04. The predicted molar refractivity (Wildman–Crippen MR) is 148 cm³/mol. The molecule has 0 atom stereocenters. The Labute approximate surface area is 225 Å². The third-order valence-corrected chi connectivity index (χ3v) is 5.93. The van der Waals surface area contributed by atoms with E-state index in [1.54, 1.807) is 30.3 Å². The highest BCUT2D eigenvalue weighted by atomic mass is 16.5. The van der Waals surface area contributed by atoms with Gasteiger partial charge in [0.2, 0.25) is 0 Å². The molecule has 0 spiro atoms. The molecule has 0 saturated carbocycles. The van der Waals surface area contributed by atoms with Crippen molar-refractivity contribution in [3.8, 4) is 17.2 Å². The number of hydrogen-bond acceptors (Lipinski definition) is 7. The summed E-state index contributed by atoms with van der Waals surface area (Å²) in [4.78, 5) is 37.7. The molecule has 0 bridgehead atoms. The lowest BCUT2D eigenvalue weighted by Crippen LogP contribution is -2.35. The summed E-state index contributed by atoms with van der Waals surface area (Å²) in [5, 5.41) is 8.28. The lowest BCUT2D eigenvalue weighted by Gasteiger charge is -2.12. The Morgan fingerprint density at radius 2 is 1.56 bits per heavy atom. The van der Waals surface area contributed by atoms with Gasteiger partial charge in [-0.2, -0.15) is 5.10 Å². The number of methoxy groups -OCH3 is 2. The molecule has 9 heteroatoms. The summed E-state index contributed by atoms with van der Waals surface area (Å²) in [6.45, 7) is 1.56. The van der Waals surface area contributed by atoms with Gasteiger partial charge in [-0.3, -0.25) is 9.59 Å². The standard InChI is InChI=1S/C30H27N3O6/c1-19-8-4-6-10-22(19)29(35)31-18-28(34)33-32-17-24-23-11-7-5-9-20(23)12-14-25(24)39-30(36)21-13-15-26(37-2)27(16-21)38-3/h4-17H,18H2,1-3H3,(H,31,35)(H,33,34)/b32-17+. The Kier molecular flexibility index (Phi) is 8.53. The van der Waals surface area contributed by atoms with Crippen molar-refractivity contribution in [1.82, 2.24) is 10.7 Å². The Morgan fingerprint density at radius 3 is 2.33 bits per heavy atom. The molecule has 0 radical (unpaired) electrons. The zero-order valence-electron chi connectivity index (χ0n) is 21.7. The maximum atomic E-state index is 13.0. The van der Waals surface area contributed by atoms with Crippen LogP contribution < -0.4 is 25.0 Å². The van der Waals surface area contributed by atoms with Gasteiger partial charge in [0.25, 0.3) is 11.8 Å². The van der Waals surface area contributed by atoms with Crippen molar-refractivity contribution in [2.45, 2.75) is 6.92 Å². The molecule has 0 aliphatic carbocycles. The molecule has 0 heterocycles. The fraction of sp³-hybridized carbons (Fsp3) is 0.133. The number of carbonyl (C=O) groups excluding carboxylic acids is 3. The summed E-state index contributed by atoms with van der Waals surface area (Å²) >= 11 is 0. The van der Waals surface area contributed by atoms with Gasteiger partial charge in [-0.25, -0.2) is 10.2 Å². The van der Waals surface area contributed by atoms with Crippen LogP contribution in [0.2, 0.25) is 0 Å². The molecule has 0 unspecified atom stereocenters. The summed E-state index contributed by atoms with van der Waals surface area (Å²) in [6, 6.07) is 22.8. The molecule has 0 aliphatic heterocycles. The van der Waals surface area contributed by atoms with Crippen molar-refractivity contribution in [3.63, 3.8) is 0 Å². The van der Waals surface area contributed by atoms with Crippen molar-refractivity contribution in [2.75, 3.05) is 20.8 Å². The van der Waals surface area contributed by atoms with E-state index in [0.717, 1.165) is 16.3 Å². The fourth-order valence-corrected chi connectivity index (χ4v) is 3.91. The van der Waals surface area contributed by atoms with Gasteiger partial charge < -0.3 is 19.5 Å². The van der Waals surface area contributed by atoms with E-state index in [-0.39, 0.29) is 23.8 Å². The highest BCUT2D eigenvalue weighted by Gasteiger charge is 2.16. The van der Waals surface area contributed by atoms with Crippen LogP contribution in [0.5, 0.6) is 17.2 Å². The molecule has 2 amide bonds. The molecule has 0 aliphatic rings. The topological polar surface area (TPSA) is 115 Å². The summed E-state index contributed by atoms with van der Waals surface area (Å²) in [5.41, 5.74) is 4.46. The van der Waals surface area contributed by atoms with E-state index < -0.39 is 11.9 Å². The van der Waals surface area contributed by atoms with E-state index in [2.05, 4.69) is 15.8 Å². The highest BCUT2D eigenvalue weighted by Crippen LogP contribution is 2.30. The van der Waals surface area contributed by atoms with Gasteiger partial charge >= 0.3 is 5.97 Å². The average Bonchev–Trinajstić information content (AvgIpc) is 2.96. The minimum absolute atomic E-state index is 0.249. The van der Waals surface area contributed by atoms with Crippen molar-refractivity contribution in [1.29, 1.82) is 0 Å². The van der Waals surface area contributed by atoms with E-state index >= 15 is 0 Å². The van der Waals surface area contributed by atoms with Crippen LogP contribution in [-0.2, 0) is 4.79 Å². The summed E-state index contributed by atoms with van der Waals surface area (Å²) in [5.74, 6) is -0.353. The van der Waals surface area contributed by atoms with Crippen molar-refractivity contribution in [2.24, 2.45) is 5.10 Å². The summed E-state index contributed by atoms with van der Waals surface area (Å²) in [7, 11) is 2.99. The Balaban J connectivity index is 1.50. The zero-order valence-corrected chi connectivity index (χ0v) is 21.7. The largest absolute Gasteiger partial charge is 0.493 e. The van der Waals surface area contributed by atoms with Gasteiger partial charge in [0, 0.05) is 11.1 Å². The number of aryl methyl sites for hydroxylation is 1. The van der Waals surface area contributed by atoms with Gasteiger partial charge in [-0.15, -0.1) is 0 Å². The van der Waals surface area contributed by atoms with E-state index in [9.17, 15) is 14.4 Å². The molecule has 4 aromatic rings. The second-order valence-electron chi connectivity index (χ2n) is 8.45. The van der Waals surface area contributed by atoms with E-state index in [0.29, 0.717) is 22.6 Å². The smallest absolute Gasteiger partial charge is 0.343 e. The number of amides is 2. The lowest BCUT2D eigenvalue weighted by molar-refractivity contribution is -0.120. The monoisotopic (exact) mass is 525 g/mol. The van der Waals surface area contributed by atoms with Crippen LogP contribution >= 0.6 is 0 Å². The number of hydrazone groups is 1. The van der Waals surface area contributed by atoms with Crippen LogP contribution in [-0.4, -0.2) is 44.8 Å². The third kappa shape index (κ3) is 6.40. The summed E-state index contributed by atoms with van der Waals surface area (Å²) in [6.07, 6.45) is 1.40. The minimum Gasteiger partial charge on any atom is -0.493 e. The first kappa shape index (κ1) is 26.9. The van der Waals surface area contributed by atoms with Gasteiger partial charge in [0.05, 0.1) is 32.5 Å². The van der Waals surface area contributed by atoms with E-state index in [1.807, 2.05) is 49.4 Å². The number of rotatable bonds is 9. The Morgan fingerprint density at radius 1 is 0.846 bits per heavy atom. The molecular formula is C30H27N3O6. The number of carbonyl (C=O) groups is 3. The zero-order chi connectivity index (χ0) is 27.8. The maximum Gasteiger partial charge on any atom is 0.343 e. The van der Waals surface area contributed by atoms with Crippen LogP contribution in [0.3, 0.4) is 0 Å². The molecule has 198 valence electrons. The predicted octanol–water partition coefficient (Wildman–Crippen LogP) is 4.26. The van der Waals surface area contributed by atoms with Crippen molar-refractivity contribution >= 4 is 34.8 Å². The quantitative estimate of drug-likeness (QED) is 0.146. The summed E-state index contributed by atoms with van der Waals surface area (Å²) < 4.78 is 16.2. The molecule has 9 nitrogen and oxygen atoms in total. The number of benzene rings is 4. The van der Waals surface area contributed by atoms with Crippen molar-refractivity contribution in [3.05, 3.63) is 101 Å². The number of esters is 1. The molecule has 4 rings (SSSR count). The van der Waals surface area contributed by atoms with Gasteiger partial charge in [-0.05, 0) is 53.6 Å². The molecule has 0 fully saturated rings. The van der Waals surface area contributed by atoms with Crippen LogP contribution in [0.25, 0.3) is 10.8 Å². The van der Waals surface area contributed by atoms with Crippen molar-refractivity contribution < 1.29 is 28.6 Å². The lowest BCUT2D eigenvalue weighted by atomic mass is 10.0. The van der Waals surface area contributed by atoms with Crippen LogP contribution in [0, 0.1) is 6.92 Å². The SMILES string of the molecule is COc1ccc(C(=O)Oc2ccc3ccccc3c2/C=N/NC(=O)CNC(=O)c2ccccc2C)cc1OC. The third-order valence-electron chi connectivity index (χ3n) is 5.93. The number of ether oxygens (including phenoxy) is 3. The molecular weight excluding hydrogens is 498 g/mol. The second kappa shape index (κ2) is 12.4. The molecule has 0 saturated heterocycles. The normalized spacial score (nSPS) is 10.7. The van der Waals surface area contributed by atoms with Crippen LogP contribution in [0.1, 0.15) is 31.8 Å². The maximum absolute atomic E-state index is 13.0. The first-order valence-electron chi connectivity index (χ1n) is 12.0. The molecule has 39 heavy (non-hydrogen) atoms. The first-order valence-corrected chi connectivity index (χ1v) is 12.0. The van der Waals surface area contributed by atoms with Gasteiger partial charge in [-0.1, -0.05) is 48.5 Å². The number of nitrogens with one attached hydrogen (secondary N) is 2. The minimum atomic E-state index is -0.608. The Hall–Kier alpha value is -5.18. The first-order chi connectivity index (χ1) is 18.9.